The van der Waals surface area contributed by atoms with E-state index in [4.69, 9.17) is 21.4 Å². The summed E-state index contributed by atoms with van der Waals surface area (Å²) in [6.07, 6.45) is 10.5. The van der Waals surface area contributed by atoms with E-state index >= 15 is 0 Å². The van der Waals surface area contributed by atoms with Gasteiger partial charge in [-0.05, 0) is 25.9 Å². The van der Waals surface area contributed by atoms with Gasteiger partial charge in [-0.15, -0.1) is 0 Å². The van der Waals surface area contributed by atoms with Gasteiger partial charge in [0.05, 0.1) is 0 Å². The molecule has 0 amide bonds. The Balaban J connectivity index is 0. The summed E-state index contributed by atoms with van der Waals surface area (Å²) in [6, 6.07) is 0. The van der Waals surface area contributed by atoms with Crippen molar-refractivity contribution in [3.8, 4) is 0 Å². The van der Waals surface area contributed by atoms with Crippen LogP contribution in [-0.4, -0.2) is 24.7 Å². The summed E-state index contributed by atoms with van der Waals surface area (Å²) in [5.74, 6) is 0. The summed E-state index contributed by atoms with van der Waals surface area (Å²) in [4.78, 5) is 8.36. The van der Waals surface area contributed by atoms with Crippen molar-refractivity contribution in [3.63, 3.8) is 0 Å². The van der Waals surface area contributed by atoms with Crippen LogP contribution in [0.25, 0.3) is 0 Å². The number of nitrogens with two attached hydrogens (primary N) is 2. The molecule has 0 atom stereocenters. The molecule has 4 heteroatoms. The van der Waals surface area contributed by atoms with Crippen LogP contribution in [0, 0.1) is 0 Å². The molecule has 0 aromatic rings. The topological polar surface area (TPSA) is 89.3 Å². The van der Waals surface area contributed by atoms with Crippen LogP contribution in [0.3, 0.4) is 0 Å². The molecule has 0 radical (unpaired) electrons. The van der Waals surface area contributed by atoms with E-state index in [9.17, 15) is 0 Å². The van der Waals surface area contributed by atoms with E-state index in [-0.39, 0.29) is 6.47 Å². The van der Waals surface area contributed by atoms with Crippen molar-refractivity contribution in [2.24, 2.45) is 11.5 Å². The molecule has 0 fully saturated rings. The average molecular weight is 218 g/mol. The van der Waals surface area contributed by atoms with Gasteiger partial charge in [0, 0.05) is 0 Å². The first kappa shape index (κ1) is 16.8. The Labute approximate surface area is 93.0 Å². The Bertz CT molecular complexity index is 101. The van der Waals surface area contributed by atoms with Gasteiger partial charge in [0.2, 0.25) is 0 Å². The molecule has 0 aliphatic heterocycles. The highest BCUT2D eigenvalue weighted by Crippen LogP contribution is 2.07. The number of carbonyl (C=O) groups is 1. The summed E-state index contributed by atoms with van der Waals surface area (Å²) in [6.45, 7) is 1.46. The molecule has 0 aliphatic rings. The quantitative estimate of drug-likeness (QED) is 0.406. The molecule has 0 rings (SSSR count). The molecule has 5 N–H and O–H groups in total. The van der Waals surface area contributed by atoms with Crippen molar-refractivity contribution in [1.29, 1.82) is 0 Å². The second kappa shape index (κ2) is 19.0. The predicted octanol–water partition coefficient (Wildman–Crippen LogP) is 1.73. The third kappa shape index (κ3) is 24.7. The maximum Gasteiger partial charge on any atom is 0.290 e. The van der Waals surface area contributed by atoms with Crippen LogP contribution in [0.4, 0.5) is 0 Å². The fourth-order valence-corrected chi connectivity index (χ4v) is 1.35. The highest BCUT2D eigenvalue weighted by molar-refractivity contribution is 5.32. The van der Waals surface area contributed by atoms with Gasteiger partial charge in [-0.1, -0.05) is 38.5 Å². The van der Waals surface area contributed by atoms with Crippen molar-refractivity contribution >= 4 is 6.47 Å². The Hall–Kier alpha value is -0.610. The van der Waals surface area contributed by atoms with Crippen LogP contribution in [0.15, 0.2) is 0 Å². The molecule has 4 nitrogen and oxygen atoms in total. The van der Waals surface area contributed by atoms with Gasteiger partial charge in [-0.2, -0.15) is 0 Å². The summed E-state index contributed by atoms with van der Waals surface area (Å²) in [5, 5.41) is 6.89. The largest absolute Gasteiger partial charge is 0.483 e. The molecule has 15 heavy (non-hydrogen) atoms. The molecular weight excluding hydrogens is 192 g/mol. The van der Waals surface area contributed by atoms with Crippen LogP contribution in [0.2, 0.25) is 0 Å². The second-order valence-electron chi connectivity index (χ2n) is 3.51. The van der Waals surface area contributed by atoms with Crippen LogP contribution < -0.4 is 11.5 Å². The molecule has 0 saturated heterocycles. The first-order valence-corrected chi connectivity index (χ1v) is 5.81. The van der Waals surface area contributed by atoms with Crippen molar-refractivity contribution in [3.05, 3.63) is 0 Å². The SMILES string of the molecule is NCCCCCCCCCCN.O=CO. The van der Waals surface area contributed by atoms with Gasteiger partial charge in [0.25, 0.3) is 6.47 Å². The number of carboxylic acid groups (broad SMARTS) is 1. The van der Waals surface area contributed by atoms with Gasteiger partial charge < -0.3 is 16.6 Å². The molecular formula is C11H26N2O2. The monoisotopic (exact) mass is 218 g/mol. The maximum atomic E-state index is 8.36. The van der Waals surface area contributed by atoms with Gasteiger partial charge in [0.1, 0.15) is 0 Å². The summed E-state index contributed by atoms with van der Waals surface area (Å²) >= 11 is 0. The molecule has 0 aromatic carbocycles. The van der Waals surface area contributed by atoms with Crippen molar-refractivity contribution in [2.45, 2.75) is 51.4 Å². The lowest BCUT2D eigenvalue weighted by Gasteiger charge is -2.00. The number of hydrogen-bond acceptors (Lipinski definition) is 3. The predicted molar refractivity (Wildman–Crippen MR) is 63.7 cm³/mol. The molecule has 92 valence electrons. The van der Waals surface area contributed by atoms with E-state index < -0.39 is 0 Å². The molecule has 0 heterocycles. The normalized spacial score (nSPS) is 9.20. The highest BCUT2D eigenvalue weighted by atomic mass is 16.3. The third-order valence-corrected chi connectivity index (χ3v) is 2.16. The van der Waals surface area contributed by atoms with Gasteiger partial charge in [-0.25, -0.2) is 0 Å². The standard InChI is InChI=1S/C10H24N2.CH2O2/c11-9-7-5-3-1-2-4-6-8-10-12;2-1-3/h1-12H2;1H,(H,2,3). The number of hydrogen-bond donors (Lipinski definition) is 3. The fourth-order valence-electron chi connectivity index (χ4n) is 1.35. The van der Waals surface area contributed by atoms with Crippen LogP contribution >= 0.6 is 0 Å². The zero-order chi connectivity index (χ0) is 11.8. The Morgan fingerprint density at radius 1 is 0.733 bits per heavy atom. The van der Waals surface area contributed by atoms with Crippen molar-refractivity contribution in [2.75, 3.05) is 13.1 Å². The Kier molecular flexibility index (Phi) is 21.3. The van der Waals surface area contributed by atoms with Crippen LogP contribution in [0.5, 0.6) is 0 Å². The minimum Gasteiger partial charge on any atom is -0.483 e. The maximum absolute atomic E-state index is 8.36. The van der Waals surface area contributed by atoms with Crippen LogP contribution in [0.1, 0.15) is 51.4 Å². The van der Waals surface area contributed by atoms with E-state index in [1.807, 2.05) is 0 Å². The van der Waals surface area contributed by atoms with E-state index in [0.29, 0.717) is 0 Å². The first-order valence-electron chi connectivity index (χ1n) is 5.81. The second-order valence-corrected chi connectivity index (χ2v) is 3.51. The minimum absolute atomic E-state index is 0.250. The van der Waals surface area contributed by atoms with Crippen molar-refractivity contribution < 1.29 is 9.90 Å². The summed E-state index contributed by atoms with van der Waals surface area (Å²) in [5.41, 5.74) is 10.8. The molecule has 0 bridgehead atoms. The van der Waals surface area contributed by atoms with Gasteiger partial charge in [0.15, 0.2) is 0 Å². The summed E-state index contributed by atoms with van der Waals surface area (Å²) < 4.78 is 0. The van der Waals surface area contributed by atoms with Crippen molar-refractivity contribution in [1.82, 2.24) is 0 Å². The summed E-state index contributed by atoms with van der Waals surface area (Å²) in [7, 11) is 0. The lowest BCUT2D eigenvalue weighted by atomic mass is 10.1. The fraction of sp³-hybridized carbons (Fsp3) is 0.909. The Morgan fingerprint density at radius 2 is 0.933 bits per heavy atom. The average Bonchev–Trinajstić information content (AvgIpc) is 2.23. The Morgan fingerprint density at radius 3 is 1.13 bits per heavy atom. The van der Waals surface area contributed by atoms with Gasteiger partial charge >= 0.3 is 0 Å². The zero-order valence-corrected chi connectivity index (χ0v) is 9.66. The molecule has 0 unspecified atom stereocenters. The van der Waals surface area contributed by atoms with E-state index in [2.05, 4.69) is 0 Å². The van der Waals surface area contributed by atoms with E-state index in [1.54, 1.807) is 0 Å². The molecule has 0 saturated carbocycles. The third-order valence-electron chi connectivity index (χ3n) is 2.16. The zero-order valence-electron chi connectivity index (χ0n) is 9.66. The smallest absolute Gasteiger partial charge is 0.290 e. The minimum atomic E-state index is -0.250. The van der Waals surface area contributed by atoms with E-state index in [1.165, 1.54) is 51.4 Å². The number of rotatable bonds is 9. The van der Waals surface area contributed by atoms with Crippen LogP contribution in [-0.2, 0) is 4.79 Å². The molecule has 0 aliphatic carbocycles. The lowest BCUT2D eigenvalue weighted by Crippen LogP contribution is -1.98. The highest BCUT2D eigenvalue weighted by Gasteiger charge is 1.90. The number of unbranched alkanes of at least 4 members (excludes halogenated alkanes) is 7. The molecule has 0 aromatic heterocycles. The van der Waals surface area contributed by atoms with Gasteiger partial charge in [-0.3, -0.25) is 4.79 Å². The first-order chi connectivity index (χ1) is 7.33. The van der Waals surface area contributed by atoms with E-state index in [0.717, 1.165) is 13.1 Å². The lowest BCUT2D eigenvalue weighted by molar-refractivity contribution is -0.122. The molecule has 0 spiro atoms.